The van der Waals surface area contributed by atoms with Gasteiger partial charge in [-0.3, -0.25) is 0 Å². The second-order valence-electron chi connectivity index (χ2n) is 4.62. The molecule has 1 aromatic rings. The number of carbonyl (C=O) groups is 1. The predicted octanol–water partition coefficient (Wildman–Crippen LogP) is 3.53. The van der Waals surface area contributed by atoms with Crippen molar-refractivity contribution in [1.29, 1.82) is 0 Å². The van der Waals surface area contributed by atoms with Gasteiger partial charge in [0.2, 0.25) is 0 Å². The minimum Gasteiger partial charge on any atom is -0.462 e. The summed E-state index contributed by atoms with van der Waals surface area (Å²) in [6.45, 7) is 2.64. The Hall–Kier alpha value is -1.43. The van der Waals surface area contributed by atoms with Crippen LogP contribution in [0.3, 0.4) is 0 Å². The number of nitrogens with one attached hydrogen (secondary N) is 1. The molecule has 0 saturated heterocycles. The van der Waals surface area contributed by atoms with E-state index in [-0.39, 0.29) is 23.5 Å². The Labute approximate surface area is 129 Å². The molecule has 0 saturated carbocycles. The number of esters is 1. The monoisotopic (exact) mass is 314 g/mol. The smallest absolute Gasteiger partial charge is 0.340 e. The van der Waals surface area contributed by atoms with E-state index in [9.17, 15) is 9.18 Å². The van der Waals surface area contributed by atoms with E-state index in [2.05, 4.69) is 11.6 Å². The first-order chi connectivity index (χ1) is 10.1. The fourth-order valence-electron chi connectivity index (χ4n) is 1.88. The number of anilines is 2. The Kier molecular flexibility index (Phi) is 7.97. The lowest BCUT2D eigenvalue weighted by molar-refractivity contribution is 0.0527. The normalized spacial score (nSPS) is 10.4. The molecule has 0 amide bonds. The van der Waals surface area contributed by atoms with Gasteiger partial charge in [0.1, 0.15) is 5.82 Å². The third kappa shape index (κ3) is 5.83. The SMILES string of the molecule is CCOC(=O)c1cc(NCCCCCSC)c(F)cc1N. The molecular weight excluding hydrogens is 291 g/mol. The molecule has 3 N–H and O–H groups in total. The molecule has 1 aromatic carbocycles. The Bertz CT molecular complexity index is 469. The summed E-state index contributed by atoms with van der Waals surface area (Å²) < 4.78 is 18.7. The highest BCUT2D eigenvalue weighted by atomic mass is 32.2. The second kappa shape index (κ2) is 9.50. The standard InChI is InChI=1S/C15H23FN2O2S/c1-3-20-15(19)11-9-14(12(16)10-13(11)17)18-7-5-4-6-8-21-2/h9-10,18H,3-8,17H2,1-2H3. The number of hydrogen-bond acceptors (Lipinski definition) is 5. The lowest BCUT2D eigenvalue weighted by Crippen LogP contribution is -2.11. The van der Waals surface area contributed by atoms with Crippen molar-refractivity contribution < 1.29 is 13.9 Å². The van der Waals surface area contributed by atoms with E-state index < -0.39 is 11.8 Å². The van der Waals surface area contributed by atoms with Crippen LogP contribution in [-0.2, 0) is 4.74 Å². The van der Waals surface area contributed by atoms with Crippen LogP contribution >= 0.6 is 11.8 Å². The molecule has 118 valence electrons. The van der Waals surface area contributed by atoms with Gasteiger partial charge in [0.05, 0.1) is 17.9 Å². The average molecular weight is 314 g/mol. The van der Waals surface area contributed by atoms with E-state index in [1.54, 1.807) is 6.92 Å². The van der Waals surface area contributed by atoms with Crippen LogP contribution in [0.25, 0.3) is 0 Å². The maximum Gasteiger partial charge on any atom is 0.340 e. The molecule has 0 bridgehead atoms. The van der Waals surface area contributed by atoms with Crippen LogP contribution in [-0.4, -0.2) is 31.1 Å². The summed E-state index contributed by atoms with van der Waals surface area (Å²) in [4.78, 5) is 11.7. The summed E-state index contributed by atoms with van der Waals surface area (Å²) in [7, 11) is 0. The highest BCUT2D eigenvalue weighted by molar-refractivity contribution is 7.98. The van der Waals surface area contributed by atoms with Crippen molar-refractivity contribution in [3.8, 4) is 0 Å². The number of halogens is 1. The molecule has 0 heterocycles. The molecule has 0 aliphatic heterocycles. The predicted molar refractivity (Wildman–Crippen MR) is 87.5 cm³/mol. The van der Waals surface area contributed by atoms with Gasteiger partial charge >= 0.3 is 5.97 Å². The van der Waals surface area contributed by atoms with Crippen molar-refractivity contribution in [3.05, 3.63) is 23.5 Å². The first kappa shape index (κ1) is 17.6. The zero-order valence-electron chi connectivity index (χ0n) is 12.6. The van der Waals surface area contributed by atoms with E-state index in [0.29, 0.717) is 6.54 Å². The largest absolute Gasteiger partial charge is 0.462 e. The molecule has 1 rings (SSSR count). The first-order valence-corrected chi connectivity index (χ1v) is 8.48. The molecule has 4 nitrogen and oxygen atoms in total. The van der Waals surface area contributed by atoms with Gasteiger partial charge in [0.15, 0.2) is 0 Å². The van der Waals surface area contributed by atoms with Gasteiger partial charge in [-0.15, -0.1) is 0 Å². The van der Waals surface area contributed by atoms with Crippen molar-refractivity contribution in [3.63, 3.8) is 0 Å². The molecule has 0 radical (unpaired) electrons. The fourth-order valence-corrected chi connectivity index (χ4v) is 2.37. The number of hydrogen-bond donors (Lipinski definition) is 2. The van der Waals surface area contributed by atoms with Crippen molar-refractivity contribution in [2.45, 2.75) is 26.2 Å². The molecule has 0 aromatic heterocycles. The van der Waals surface area contributed by atoms with E-state index in [4.69, 9.17) is 10.5 Å². The van der Waals surface area contributed by atoms with Crippen LogP contribution in [0.15, 0.2) is 12.1 Å². The molecule has 6 heteroatoms. The Morgan fingerprint density at radius 1 is 1.38 bits per heavy atom. The van der Waals surface area contributed by atoms with Crippen LogP contribution in [0.1, 0.15) is 36.5 Å². The molecular formula is C15H23FN2O2S. The van der Waals surface area contributed by atoms with Gasteiger partial charge in [0.25, 0.3) is 0 Å². The van der Waals surface area contributed by atoms with Gasteiger partial charge in [-0.25, -0.2) is 9.18 Å². The van der Waals surface area contributed by atoms with Crippen molar-refractivity contribution >= 4 is 29.1 Å². The molecule has 0 fully saturated rings. The number of ether oxygens (including phenoxy) is 1. The number of carbonyl (C=O) groups excluding carboxylic acids is 1. The molecule has 0 spiro atoms. The molecule has 0 aliphatic rings. The number of nitrogen functional groups attached to an aromatic ring is 1. The minimum absolute atomic E-state index is 0.0940. The first-order valence-electron chi connectivity index (χ1n) is 7.09. The maximum atomic E-state index is 13.8. The summed E-state index contributed by atoms with van der Waals surface area (Å²) >= 11 is 1.82. The van der Waals surface area contributed by atoms with Crippen molar-refractivity contribution in [1.82, 2.24) is 0 Å². The summed E-state index contributed by atoms with van der Waals surface area (Å²) in [5.74, 6) is 0.158. The van der Waals surface area contributed by atoms with Crippen molar-refractivity contribution in [2.24, 2.45) is 0 Å². The number of unbranched alkanes of at least 4 members (excludes halogenated alkanes) is 2. The fraction of sp³-hybridized carbons (Fsp3) is 0.533. The van der Waals surface area contributed by atoms with E-state index >= 15 is 0 Å². The van der Waals surface area contributed by atoms with Gasteiger partial charge in [0, 0.05) is 12.2 Å². The Balaban J connectivity index is 2.61. The van der Waals surface area contributed by atoms with Gasteiger partial charge < -0.3 is 15.8 Å². The number of rotatable bonds is 9. The van der Waals surface area contributed by atoms with E-state index in [1.807, 2.05) is 11.8 Å². The van der Waals surface area contributed by atoms with Gasteiger partial charge in [-0.1, -0.05) is 6.42 Å². The minimum atomic E-state index is -0.530. The van der Waals surface area contributed by atoms with E-state index in [0.717, 1.165) is 31.1 Å². The topological polar surface area (TPSA) is 64.3 Å². The lowest BCUT2D eigenvalue weighted by atomic mass is 10.1. The van der Waals surface area contributed by atoms with Gasteiger partial charge in [-0.05, 0) is 43.9 Å². The van der Waals surface area contributed by atoms with Crippen LogP contribution in [0.5, 0.6) is 0 Å². The quantitative estimate of drug-likeness (QED) is 0.415. The van der Waals surface area contributed by atoms with Crippen LogP contribution in [0.2, 0.25) is 0 Å². The van der Waals surface area contributed by atoms with E-state index in [1.165, 1.54) is 6.07 Å². The van der Waals surface area contributed by atoms with Crippen LogP contribution < -0.4 is 11.1 Å². The Morgan fingerprint density at radius 3 is 2.81 bits per heavy atom. The number of thioether (sulfide) groups is 1. The summed E-state index contributed by atoms with van der Waals surface area (Å²) in [5, 5.41) is 3.01. The highest BCUT2D eigenvalue weighted by Crippen LogP contribution is 2.23. The second-order valence-corrected chi connectivity index (χ2v) is 5.61. The van der Waals surface area contributed by atoms with Gasteiger partial charge in [-0.2, -0.15) is 11.8 Å². The highest BCUT2D eigenvalue weighted by Gasteiger charge is 2.14. The number of nitrogens with two attached hydrogens (primary N) is 1. The molecule has 0 aliphatic carbocycles. The zero-order valence-corrected chi connectivity index (χ0v) is 13.4. The Morgan fingerprint density at radius 2 is 2.14 bits per heavy atom. The van der Waals surface area contributed by atoms with Crippen LogP contribution in [0, 0.1) is 5.82 Å². The lowest BCUT2D eigenvalue weighted by Gasteiger charge is -2.11. The summed E-state index contributed by atoms with van der Waals surface area (Å²) in [6, 6.07) is 2.58. The van der Waals surface area contributed by atoms with Crippen LogP contribution in [0.4, 0.5) is 15.8 Å². The third-order valence-electron chi connectivity index (χ3n) is 2.98. The summed E-state index contributed by atoms with van der Waals surface area (Å²) in [6.07, 6.45) is 5.29. The average Bonchev–Trinajstić information content (AvgIpc) is 2.44. The zero-order chi connectivity index (χ0) is 15.7. The molecule has 0 atom stereocenters. The van der Waals surface area contributed by atoms with Crippen molar-refractivity contribution in [2.75, 3.05) is 36.2 Å². The maximum absolute atomic E-state index is 13.8. The molecule has 21 heavy (non-hydrogen) atoms. The number of benzene rings is 1. The molecule has 0 unspecified atom stereocenters. The third-order valence-corrected chi connectivity index (χ3v) is 3.67. The summed E-state index contributed by atoms with van der Waals surface area (Å²) in [5.41, 5.74) is 6.24.